The first-order valence-corrected chi connectivity index (χ1v) is 8.46. The van der Waals surface area contributed by atoms with Gasteiger partial charge in [-0.1, -0.05) is 23.2 Å². The Morgan fingerprint density at radius 2 is 2.15 bits per heavy atom. The standard InChI is InChI=1S/C12H16Cl2N2O3S/c13-9-4-10(14)12(11(15)5-9)20(17,18)16-6-8-2-1-3-19-7-8/h4-5,8,16H,1-3,6-7,15H2. The second-order valence-corrected chi connectivity index (χ2v) is 7.29. The van der Waals surface area contributed by atoms with E-state index < -0.39 is 10.0 Å². The molecule has 0 bridgehead atoms. The van der Waals surface area contributed by atoms with Crippen LogP contribution in [0.4, 0.5) is 5.69 Å². The van der Waals surface area contributed by atoms with Crippen LogP contribution in [0.15, 0.2) is 17.0 Å². The minimum absolute atomic E-state index is 0.0161. The highest BCUT2D eigenvalue weighted by Gasteiger charge is 2.24. The minimum Gasteiger partial charge on any atom is -0.398 e. The monoisotopic (exact) mass is 338 g/mol. The van der Waals surface area contributed by atoms with Crippen molar-refractivity contribution >= 4 is 38.9 Å². The first kappa shape index (κ1) is 15.9. The number of nitrogen functional groups attached to an aromatic ring is 1. The molecule has 5 nitrogen and oxygen atoms in total. The number of benzene rings is 1. The van der Waals surface area contributed by atoms with Crippen LogP contribution in [-0.4, -0.2) is 28.2 Å². The molecule has 1 saturated heterocycles. The molecule has 0 aliphatic carbocycles. The number of sulfonamides is 1. The fraction of sp³-hybridized carbons (Fsp3) is 0.500. The van der Waals surface area contributed by atoms with E-state index in [1.807, 2.05) is 0 Å². The molecule has 2 rings (SSSR count). The van der Waals surface area contributed by atoms with E-state index in [1.165, 1.54) is 12.1 Å². The molecule has 0 spiro atoms. The maximum atomic E-state index is 12.3. The maximum Gasteiger partial charge on any atom is 0.244 e. The van der Waals surface area contributed by atoms with E-state index in [9.17, 15) is 8.42 Å². The lowest BCUT2D eigenvalue weighted by molar-refractivity contribution is 0.0568. The van der Waals surface area contributed by atoms with Crippen LogP contribution in [0.1, 0.15) is 12.8 Å². The molecule has 0 saturated carbocycles. The van der Waals surface area contributed by atoms with Gasteiger partial charge in [0.15, 0.2) is 0 Å². The summed E-state index contributed by atoms with van der Waals surface area (Å²) in [5, 5.41) is 0.314. The summed E-state index contributed by atoms with van der Waals surface area (Å²) in [7, 11) is -3.76. The van der Waals surface area contributed by atoms with Crippen LogP contribution in [0.3, 0.4) is 0 Å². The van der Waals surface area contributed by atoms with Crippen LogP contribution < -0.4 is 10.5 Å². The van der Waals surface area contributed by atoms with E-state index >= 15 is 0 Å². The summed E-state index contributed by atoms with van der Waals surface area (Å²) in [6.07, 6.45) is 1.88. The van der Waals surface area contributed by atoms with Gasteiger partial charge in [-0.2, -0.15) is 0 Å². The molecule has 3 N–H and O–H groups in total. The normalized spacial score (nSPS) is 20.0. The molecule has 1 atom stereocenters. The van der Waals surface area contributed by atoms with Gasteiger partial charge in [0, 0.05) is 18.2 Å². The zero-order valence-electron chi connectivity index (χ0n) is 10.7. The SMILES string of the molecule is Nc1cc(Cl)cc(Cl)c1S(=O)(=O)NCC1CCCOC1. The average molecular weight is 339 g/mol. The molecule has 1 fully saturated rings. The van der Waals surface area contributed by atoms with Gasteiger partial charge in [0.05, 0.1) is 17.3 Å². The zero-order chi connectivity index (χ0) is 14.8. The fourth-order valence-corrected chi connectivity index (χ4v) is 4.23. The number of hydrogen-bond acceptors (Lipinski definition) is 4. The summed E-state index contributed by atoms with van der Waals surface area (Å²) in [5.74, 6) is 0.172. The van der Waals surface area contributed by atoms with Crippen LogP contribution in [0, 0.1) is 5.92 Å². The van der Waals surface area contributed by atoms with Gasteiger partial charge < -0.3 is 10.5 Å². The number of anilines is 1. The quantitative estimate of drug-likeness (QED) is 0.825. The largest absolute Gasteiger partial charge is 0.398 e. The van der Waals surface area contributed by atoms with Crippen LogP contribution >= 0.6 is 23.2 Å². The number of halogens is 2. The van der Waals surface area contributed by atoms with Crippen molar-refractivity contribution in [3.63, 3.8) is 0 Å². The molecule has 1 aromatic rings. The number of ether oxygens (including phenoxy) is 1. The zero-order valence-corrected chi connectivity index (χ0v) is 13.1. The lowest BCUT2D eigenvalue weighted by atomic mass is 10.0. The fourth-order valence-electron chi connectivity index (χ4n) is 2.13. The second kappa shape index (κ2) is 6.49. The lowest BCUT2D eigenvalue weighted by Crippen LogP contribution is -2.33. The number of rotatable bonds is 4. The summed E-state index contributed by atoms with van der Waals surface area (Å²) in [5.41, 5.74) is 5.74. The van der Waals surface area contributed by atoms with Crippen LogP contribution in [0.5, 0.6) is 0 Å². The van der Waals surface area contributed by atoms with Gasteiger partial charge in [-0.05, 0) is 30.9 Å². The predicted octanol–water partition coefficient (Wildman–Crippen LogP) is 2.28. The third kappa shape index (κ3) is 3.77. The molecule has 1 unspecified atom stereocenters. The summed E-state index contributed by atoms with van der Waals surface area (Å²) in [6.45, 7) is 1.60. The first-order valence-electron chi connectivity index (χ1n) is 6.22. The molecule has 112 valence electrons. The number of hydrogen-bond donors (Lipinski definition) is 2. The van der Waals surface area contributed by atoms with Crippen molar-refractivity contribution in [2.75, 3.05) is 25.5 Å². The molecule has 0 amide bonds. The van der Waals surface area contributed by atoms with Crippen LogP contribution in [0.25, 0.3) is 0 Å². The average Bonchev–Trinajstić information content (AvgIpc) is 2.36. The van der Waals surface area contributed by atoms with Gasteiger partial charge in [0.1, 0.15) is 4.90 Å². The molecule has 20 heavy (non-hydrogen) atoms. The van der Waals surface area contributed by atoms with Crippen LogP contribution in [0.2, 0.25) is 10.0 Å². The van der Waals surface area contributed by atoms with Gasteiger partial charge in [-0.3, -0.25) is 0 Å². The smallest absolute Gasteiger partial charge is 0.244 e. The highest BCUT2D eigenvalue weighted by molar-refractivity contribution is 7.89. The molecule has 1 aromatic carbocycles. The molecular weight excluding hydrogens is 323 g/mol. The number of nitrogens with two attached hydrogens (primary N) is 1. The summed E-state index contributed by atoms with van der Waals surface area (Å²) >= 11 is 11.7. The van der Waals surface area contributed by atoms with Crippen molar-refractivity contribution < 1.29 is 13.2 Å². The Morgan fingerprint density at radius 3 is 2.75 bits per heavy atom. The van der Waals surface area contributed by atoms with Gasteiger partial charge in [0.25, 0.3) is 0 Å². The molecule has 1 aliphatic heterocycles. The Morgan fingerprint density at radius 1 is 1.40 bits per heavy atom. The van der Waals surface area contributed by atoms with Crippen molar-refractivity contribution in [1.82, 2.24) is 4.72 Å². The highest BCUT2D eigenvalue weighted by Crippen LogP contribution is 2.31. The molecule has 1 aliphatic rings. The van der Waals surface area contributed by atoms with Gasteiger partial charge >= 0.3 is 0 Å². The predicted molar refractivity (Wildman–Crippen MR) is 79.6 cm³/mol. The summed E-state index contributed by atoms with van der Waals surface area (Å²) < 4.78 is 32.4. The van der Waals surface area contributed by atoms with Gasteiger partial charge in [-0.15, -0.1) is 0 Å². The third-order valence-corrected chi connectivity index (χ3v) is 5.29. The van der Waals surface area contributed by atoms with E-state index in [0.717, 1.165) is 19.4 Å². The van der Waals surface area contributed by atoms with E-state index in [2.05, 4.69) is 4.72 Å². The van der Waals surface area contributed by atoms with E-state index in [1.54, 1.807) is 0 Å². The molecular formula is C12H16Cl2N2O3S. The Labute approximate surface area is 128 Å². The third-order valence-electron chi connectivity index (χ3n) is 3.12. The Bertz CT molecular complexity index is 563. The summed E-state index contributed by atoms with van der Waals surface area (Å²) in [6, 6.07) is 2.73. The molecule has 8 heteroatoms. The van der Waals surface area contributed by atoms with E-state index in [0.29, 0.717) is 18.2 Å². The molecule has 0 radical (unpaired) electrons. The Balaban J connectivity index is 2.14. The highest BCUT2D eigenvalue weighted by atomic mass is 35.5. The van der Waals surface area contributed by atoms with Crippen molar-refractivity contribution in [3.8, 4) is 0 Å². The minimum atomic E-state index is -3.76. The summed E-state index contributed by atoms with van der Waals surface area (Å²) in [4.78, 5) is -0.125. The molecule has 1 heterocycles. The van der Waals surface area contributed by atoms with E-state index in [4.69, 9.17) is 33.7 Å². The van der Waals surface area contributed by atoms with E-state index in [-0.39, 0.29) is 21.5 Å². The van der Waals surface area contributed by atoms with Crippen molar-refractivity contribution in [2.45, 2.75) is 17.7 Å². The Hall–Kier alpha value is -0.530. The van der Waals surface area contributed by atoms with Crippen LogP contribution in [-0.2, 0) is 14.8 Å². The second-order valence-electron chi connectivity index (χ2n) is 4.74. The topological polar surface area (TPSA) is 81.4 Å². The first-order chi connectivity index (χ1) is 9.40. The van der Waals surface area contributed by atoms with Crippen molar-refractivity contribution in [1.29, 1.82) is 0 Å². The van der Waals surface area contributed by atoms with Gasteiger partial charge in [0.2, 0.25) is 10.0 Å². The maximum absolute atomic E-state index is 12.3. The van der Waals surface area contributed by atoms with Gasteiger partial charge in [-0.25, -0.2) is 13.1 Å². The van der Waals surface area contributed by atoms with Crippen molar-refractivity contribution in [3.05, 3.63) is 22.2 Å². The lowest BCUT2D eigenvalue weighted by Gasteiger charge is -2.22. The molecule has 0 aromatic heterocycles. The number of nitrogens with one attached hydrogen (secondary N) is 1. The van der Waals surface area contributed by atoms with Crippen molar-refractivity contribution in [2.24, 2.45) is 5.92 Å². The Kier molecular flexibility index (Phi) is 5.14.